The molecule has 2 N–H and O–H groups in total. The van der Waals surface area contributed by atoms with Crippen molar-refractivity contribution >= 4 is 27.5 Å². The van der Waals surface area contributed by atoms with E-state index in [-0.39, 0.29) is 59.6 Å². The number of halogens is 1. The zero-order valence-electron chi connectivity index (χ0n) is 46.0. The highest BCUT2D eigenvalue weighted by atomic mass is 79.9. The third-order valence-electron chi connectivity index (χ3n) is 19.4. The molecule has 0 saturated heterocycles. The Morgan fingerprint density at radius 1 is 0.696 bits per heavy atom. The summed E-state index contributed by atoms with van der Waals surface area (Å²) in [6.07, 6.45) is 9.40. The Hall–Kier alpha value is -1.05. The quantitative estimate of drug-likeness (QED) is 0.267. The Morgan fingerprint density at radius 2 is 1.16 bits per heavy atom. The number of nitrogens with zero attached hydrogens (tertiary/aromatic N) is 2. The number of alkyl halides is 1. The summed E-state index contributed by atoms with van der Waals surface area (Å²) in [6, 6.07) is 0. The SMILES string of the molecule is [2H]C([2H])(Br)C(=O)[C@@]1([2H])CC[C@H]2[C@@H]3CC[C@H]4C[C@@](O)(C([2H])([2H])C)CC[C@]4(C)[C@H]3CC[C@@]21C.[2H]c1nc([2H])n(CC(=O)[C@@]2([2H])CC[C@H]3[C@@H]4CC[C@H]5C[C@@](O)(C([2H])([2H])C)CC[C@]5(C)[C@H]4CC[C@@]32C)c1[2H]. The van der Waals surface area contributed by atoms with Crippen molar-refractivity contribution in [1.29, 1.82) is 0 Å². The Bertz CT molecular complexity index is 2130. The van der Waals surface area contributed by atoms with Crippen molar-refractivity contribution in [3.63, 3.8) is 0 Å². The number of imidazole rings is 1. The monoisotopic (exact) mass is 848 g/mol. The summed E-state index contributed by atoms with van der Waals surface area (Å²) in [7, 11) is 0. The number of ketones is 2. The van der Waals surface area contributed by atoms with Crippen molar-refractivity contribution in [2.75, 3.05) is 5.28 Å². The highest BCUT2D eigenvalue weighted by Gasteiger charge is 2.63. The molecule has 9 rings (SSSR count). The second kappa shape index (κ2) is 15.1. The Balaban J connectivity index is 0.000000184. The molecule has 1 aromatic heterocycles. The van der Waals surface area contributed by atoms with E-state index in [0.29, 0.717) is 68.1 Å². The second-order valence-corrected chi connectivity index (χ2v) is 21.5. The van der Waals surface area contributed by atoms with Gasteiger partial charge in [-0.15, -0.1) is 0 Å². The average molecular weight is 849 g/mol. The maximum absolute atomic E-state index is 13.6. The molecule has 0 radical (unpaired) electrons. The van der Waals surface area contributed by atoms with Gasteiger partial charge in [0.05, 0.1) is 32.1 Å². The molecule has 314 valence electrons. The molecule has 0 aromatic carbocycles. The lowest BCUT2D eigenvalue weighted by Crippen LogP contribution is -2.56. The molecule has 1 heterocycles. The van der Waals surface area contributed by atoms with Crippen molar-refractivity contribution in [3.8, 4) is 0 Å². The molecule has 8 saturated carbocycles. The molecule has 8 aliphatic rings. The van der Waals surface area contributed by atoms with Gasteiger partial charge in [-0.1, -0.05) is 57.5 Å². The van der Waals surface area contributed by atoms with Gasteiger partial charge in [0, 0.05) is 35.1 Å². The number of hydrogen-bond acceptors (Lipinski definition) is 5. The minimum absolute atomic E-state index is 0.0423. The van der Waals surface area contributed by atoms with Crippen molar-refractivity contribution in [1.82, 2.24) is 9.55 Å². The summed E-state index contributed by atoms with van der Waals surface area (Å²) in [5.41, 5.74) is -3.41. The molecule has 8 fully saturated rings. The highest BCUT2D eigenvalue weighted by molar-refractivity contribution is 9.09. The lowest BCUT2D eigenvalue weighted by Gasteiger charge is -2.62. The molecule has 0 spiro atoms. The maximum Gasteiger partial charge on any atom is 0.156 e. The van der Waals surface area contributed by atoms with Crippen LogP contribution in [-0.4, -0.2) is 47.8 Å². The van der Waals surface area contributed by atoms with Crippen LogP contribution in [0.15, 0.2) is 18.6 Å². The minimum Gasteiger partial charge on any atom is -0.390 e. The zero-order valence-corrected chi connectivity index (χ0v) is 36.6. The van der Waals surface area contributed by atoms with Crippen molar-refractivity contribution in [2.24, 2.45) is 80.8 Å². The van der Waals surface area contributed by atoms with Crippen molar-refractivity contribution in [3.05, 3.63) is 18.6 Å². The topological polar surface area (TPSA) is 92.4 Å². The van der Waals surface area contributed by atoms with Crippen LogP contribution in [-0.2, 0) is 16.1 Å². The van der Waals surface area contributed by atoms with Gasteiger partial charge >= 0.3 is 0 Å². The van der Waals surface area contributed by atoms with E-state index >= 15 is 0 Å². The molecule has 16 atom stereocenters. The first-order valence-corrected chi connectivity index (χ1v) is 23.1. The molecule has 56 heavy (non-hydrogen) atoms. The first-order valence-electron chi connectivity index (χ1n) is 27.8. The van der Waals surface area contributed by atoms with E-state index < -0.39 is 57.6 Å². The maximum atomic E-state index is 13.6. The van der Waals surface area contributed by atoms with Crippen LogP contribution in [0.2, 0.25) is 0 Å². The number of aromatic nitrogens is 2. The summed E-state index contributed by atoms with van der Waals surface area (Å²) < 4.78 is 91.9. The third kappa shape index (κ3) is 6.71. The fourth-order valence-electron chi connectivity index (χ4n) is 16.0. The number of carbonyl (C=O) groups excluding carboxylic acids is 2. The fourth-order valence-corrected chi connectivity index (χ4v) is 16.2. The summed E-state index contributed by atoms with van der Waals surface area (Å²) in [5.74, 6) is -0.725. The standard InChI is InChI=1S/C26H40N2O2.C23H37BrO2/c1-4-26(30)12-11-24(2)18(15-26)5-6-19-20-7-8-22(25(20,3)10-9-21(19)24)23(29)16-28-14-13-27-17-28;1-4-23(26)12-11-21(2)15(13-23)5-6-16-17-7-8-19(20(25)14-24)22(17,3)10-9-18(16)21/h13-14,17-22,30H,4-12,15-16H2,1-3H3;15-19,26H,4-14H2,1-3H3/t18-,19-,20-,21-,22+,24-,25-,26+;15-,16-,17-,18-,19+,21-,22-,23+/m00/s1/i4D2,13D,14D,17D,22D;4D2,14D2,19D. The fraction of sp³-hybridized carbons (Fsp3) is 0.898. The van der Waals surface area contributed by atoms with Crippen molar-refractivity contribution < 1.29 is 34.9 Å². The van der Waals surface area contributed by atoms with Gasteiger partial charge in [0.25, 0.3) is 0 Å². The van der Waals surface area contributed by atoms with Crippen LogP contribution in [0.25, 0.3) is 0 Å². The zero-order chi connectivity index (χ0) is 49.7. The summed E-state index contributed by atoms with van der Waals surface area (Å²) >= 11 is 2.89. The molecule has 6 nitrogen and oxygen atoms in total. The normalized spacial score (nSPS) is 56.8. The number of carbonyl (C=O) groups is 2. The van der Waals surface area contributed by atoms with E-state index in [1.54, 1.807) is 0 Å². The molecule has 7 heteroatoms. The molecule has 0 aliphatic heterocycles. The number of fused-ring (bicyclic) bond motifs is 10. The van der Waals surface area contributed by atoms with Crippen LogP contribution in [0, 0.1) is 80.8 Å². The predicted molar refractivity (Wildman–Crippen MR) is 227 cm³/mol. The smallest absolute Gasteiger partial charge is 0.156 e. The van der Waals surface area contributed by atoms with Gasteiger partial charge in [0.15, 0.2) is 5.78 Å². The minimum atomic E-state index is -2.17. The summed E-state index contributed by atoms with van der Waals surface area (Å²) in [4.78, 5) is 30.3. The van der Waals surface area contributed by atoms with Crippen LogP contribution in [0.5, 0.6) is 0 Å². The number of aliphatic hydroxyl groups is 2. The molecular weight excluding hydrogens is 760 g/mol. The van der Waals surface area contributed by atoms with E-state index in [0.717, 1.165) is 81.6 Å². The summed E-state index contributed by atoms with van der Waals surface area (Å²) in [5, 5.41) is 20.1. The second-order valence-electron chi connectivity index (χ2n) is 21.1. The van der Waals surface area contributed by atoms with Crippen LogP contribution in [0.3, 0.4) is 0 Å². The van der Waals surface area contributed by atoms with Crippen LogP contribution in [0.1, 0.15) is 185 Å². The molecule has 0 unspecified atom stereocenters. The lowest BCUT2D eigenvalue weighted by molar-refractivity contribution is -0.154. The molecule has 8 aliphatic carbocycles. The van der Waals surface area contributed by atoms with Gasteiger partial charge in [-0.25, -0.2) is 4.98 Å². The van der Waals surface area contributed by atoms with Gasteiger partial charge in [-0.3, -0.25) is 9.59 Å². The number of hydrogen-bond donors (Lipinski definition) is 2. The van der Waals surface area contributed by atoms with E-state index in [9.17, 15) is 21.2 Å². The lowest BCUT2D eigenvalue weighted by atomic mass is 9.43. The van der Waals surface area contributed by atoms with Gasteiger partial charge in [-0.2, -0.15) is 0 Å². The Labute approximate surface area is 363 Å². The van der Waals surface area contributed by atoms with Gasteiger partial charge in [0.2, 0.25) is 0 Å². The van der Waals surface area contributed by atoms with Gasteiger partial charge in [-0.05, 0) is 197 Å². The van der Waals surface area contributed by atoms with Gasteiger partial charge < -0.3 is 14.8 Å². The largest absolute Gasteiger partial charge is 0.390 e. The predicted octanol–water partition coefficient (Wildman–Crippen LogP) is 11.0. The first-order chi connectivity index (χ1) is 30.6. The van der Waals surface area contributed by atoms with Crippen LogP contribution < -0.4 is 0 Å². The average Bonchev–Trinajstić information content (AvgIpc) is 3.77. The molecular formula is C49H77BrN2O4. The number of rotatable bonds is 7. The van der Waals surface area contributed by atoms with Crippen LogP contribution >= 0.6 is 15.9 Å². The van der Waals surface area contributed by atoms with Crippen LogP contribution in [0.4, 0.5) is 0 Å². The van der Waals surface area contributed by atoms with Crippen molar-refractivity contribution in [2.45, 2.75) is 188 Å². The molecule has 0 bridgehead atoms. The van der Waals surface area contributed by atoms with E-state index in [2.05, 4.69) is 48.6 Å². The third-order valence-corrected chi connectivity index (χ3v) is 19.7. The van der Waals surface area contributed by atoms with Gasteiger partial charge in [0.1, 0.15) is 7.15 Å². The van der Waals surface area contributed by atoms with E-state index in [4.69, 9.17) is 13.7 Å². The Morgan fingerprint density at radius 3 is 1.59 bits per heavy atom. The molecule has 1 aromatic rings. The first kappa shape index (κ1) is 30.1. The van der Waals surface area contributed by atoms with E-state index in [1.807, 2.05) is 0 Å². The number of Topliss-reactive ketones (excluding diaryl/α,β-unsaturated/α-hetero) is 2. The molecule has 0 amide bonds. The van der Waals surface area contributed by atoms with E-state index in [1.165, 1.54) is 13.8 Å². The Kier molecular flexibility index (Phi) is 8.13. The summed E-state index contributed by atoms with van der Waals surface area (Å²) in [6.45, 7) is 11.6. The highest BCUT2D eigenvalue weighted by Crippen LogP contribution is 2.70.